The number of piperidine rings is 2. The SMILES string of the molecule is COc1ccc(C(=O)N2CCC3(CCN(Cc4ccc(-c5cc6c(-c7cc(F)cc(CC(=O)c8ccc(C(C)(C)O)cc8F)c7C)ncnc6[nH]5)cc4)CC3)[C@H](CO)C2)cc1N1CCC(=O)NC1=O. The molecule has 4 N–H and O–H groups in total. The molecule has 0 radical (unpaired) electrons. The lowest BCUT2D eigenvalue weighted by molar-refractivity contribution is -0.120. The van der Waals surface area contributed by atoms with Crippen LogP contribution in [0.4, 0.5) is 19.3 Å². The van der Waals surface area contributed by atoms with E-state index in [9.17, 15) is 29.4 Å². The zero-order valence-corrected chi connectivity index (χ0v) is 39.1. The van der Waals surface area contributed by atoms with Gasteiger partial charge >= 0.3 is 6.03 Å². The third-order valence-electron chi connectivity index (χ3n) is 14.5. The van der Waals surface area contributed by atoms with Crippen LogP contribution in [-0.4, -0.2) is 105 Å². The standard InChI is InChI=1S/C53H55F2N7O7/c1-31-35(23-45(64)39-11-10-36(24-42(39)55)52(2,3)68)21-38(54)25-40(31)48-41-26-43(58-49(41)57-30-56-48)33-7-5-32(6-8-33)27-60-18-14-53(15-19-60)16-20-61(28-37(53)29-63)50(66)34-9-12-46(69-4)44(22-34)62-17-13-47(65)59-51(62)67/h5-12,21-22,24-26,30,37,63,68H,13-20,23,27-29H2,1-4H3,(H,56,57,58)(H,59,65,67)/t37-/m0/s1. The van der Waals surface area contributed by atoms with Gasteiger partial charge < -0.3 is 24.8 Å². The lowest BCUT2D eigenvalue weighted by Gasteiger charge is -2.51. The predicted octanol–water partition coefficient (Wildman–Crippen LogP) is 7.72. The molecule has 2 aromatic heterocycles. The Bertz CT molecular complexity index is 2980. The normalized spacial score (nSPS) is 17.7. The van der Waals surface area contributed by atoms with Crippen molar-refractivity contribution in [3.63, 3.8) is 0 Å². The molecule has 4 aromatic carbocycles. The van der Waals surface area contributed by atoms with Crippen LogP contribution in [0.15, 0.2) is 85.2 Å². The monoisotopic (exact) mass is 939 g/mol. The van der Waals surface area contributed by atoms with Gasteiger partial charge in [-0.1, -0.05) is 30.3 Å². The summed E-state index contributed by atoms with van der Waals surface area (Å²) in [5, 5.41) is 24.0. The summed E-state index contributed by atoms with van der Waals surface area (Å²) < 4.78 is 35.8. The number of aliphatic hydroxyl groups excluding tert-OH is 1. The van der Waals surface area contributed by atoms with Gasteiger partial charge in [0.15, 0.2) is 5.78 Å². The molecule has 3 aliphatic heterocycles. The van der Waals surface area contributed by atoms with E-state index in [4.69, 9.17) is 4.74 Å². The lowest BCUT2D eigenvalue weighted by atomic mass is 9.64. The van der Waals surface area contributed by atoms with E-state index in [2.05, 4.69) is 37.3 Å². The number of nitrogens with one attached hydrogen (secondary N) is 2. The van der Waals surface area contributed by atoms with Gasteiger partial charge in [-0.15, -0.1) is 0 Å². The number of amides is 4. The maximum Gasteiger partial charge on any atom is 0.328 e. The molecule has 0 saturated carbocycles. The van der Waals surface area contributed by atoms with Gasteiger partial charge in [-0.25, -0.2) is 23.5 Å². The van der Waals surface area contributed by atoms with Gasteiger partial charge in [-0.2, -0.15) is 0 Å². The van der Waals surface area contributed by atoms with E-state index in [0.29, 0.717) is 69.1 Å². The van der Waals surface area contributed by atoms with Crippen LogP contribution in [0.1, 0.15) is 82.5 Å². The largest absolute Gasteiger partial charge is 0.495 e. The Morgan fingerprint density at radius 1 is 0.928 bits per heavy atom. The second kappa shape index (κ2) is 18.9. The van der Waals surface area contributed by atoms with Crippen molar-refractivity contribution in [2.75, 3.05) is 51.3 Å². The van der Waals surface area contributed by atoms with Gasteiger partial charge in [0.25, 0.3) is 5.91 Å². The summed E-state index contributed by atoms with van der Waals surface area (Å²) in [4.78, 5) is 69.7. The fraction of sp³-hybridized carbons (Fsp3) is 0.358. The Kier molecular flexibility index (Phi) is 12.9. The first kappa shape index (κ1) is 47.2. The van der Waals surface area contributed by atoms with Gasteiger partial charge in [-0.3, -0.25) is 29.5 Å². The summed E-state index contributed by atoms with van der Waals surface area (Å²) in [5.74, 6) is -2.04. The third-order valence-corrected chi connectivity index (χ3v) is 14.5. The second-order valence-corrected chi connectivity index (χ2v) is 19.1. The van der Waals surface area contributed by atoms with Crippen LogP contribution in [-0.2, 0) is 23.4 Å². The second-order valence-electron chi connectivity index (χ2n) is 19.1. The fourth-order valence-electron chi connectivity index (χ4n) is 10.3. The number of methoxy groups -OCH3 is 1. The summed E-state index contributed by atoms with van der Waals surface area (Å²) in [5.41, 5.74) is 5.08. The number of halogens is 2. The molecule has 14 nitrogen and oxygen atoms in total. The molecule has 69 heavy (non-hydrogen) atoms. The average molecular weight is 940 g/mol. The van der Waals surface area contributed by atoms with Crippen molar-refractivity contribution in [3.8, 4) is 28.3 Å². The van der Waals surface area contributed by atoms with Crippen molar-refractivity contribution in [3.05, 3.63) is 130 Å². The van der Waals surface area contributed by atoms with Crippen molar-refractivity contribution in [2.24, 2.45) is 11.3 Å². The molecular weight excluding hydrogens is 885 g/mol. The van der Waals surface area contributed by atoms with E-state index >= 15 is 8.78 Å². The average Bonchev–Trinajstić information content (AvgIpc) is 3.78. The smallest absolute Gasteiger partial charge is 0.328 e. The van der Waals surface area contributed by atoms with Crippen molar-refractivity contribution >= 4 is 40.3 Å². The number of H-pyrrole nitrogens is 1. The first-order valence-corrected chi connectivity index (χ1v) is 23.2. The topological polar surface area (TPSA) is 181 Å². The highest BCUT2D eigenvalue weighted by Crippen LogP contribution is 2.46. The quantitative estimate of drug-likeness (QED) is 0.0888. The number of anilines is 1. The first-order valence-electron chi connectivity index (χ1n) is 23.2. The summed E-state index contributed by atoms with van der Waals surface area (Å²) in [6, 6.07) is 21.3. The van der Waals surface area contributed by atoms with Gasteiger partial charge in [0, 0.05) is 73.8 Å². The molecule has 1 spiro atoms. The van der Waals surface area contributed by atoms with Crippen LogP contribution >= 0.6 is 0 Å². The Balaban J connectivity index is 0.837. The molecule has 3 fully saturated rings. The minimum Gasteiger partial charge on any atom is -0.495 e. The van der Waals surface area contributed by atoms with Gasteiger partial charge in [0.2, 0.25) is 5.91 Å². The number of ketones is 1. The minimum absolute atomic E-state index is 0.0321. The fourth-order valence-corrected chi connectivity index (χ4v) is 10.3. The molecule has 4 amide bonds. The molecule has 6 aromatic rings. The molecule has 1 atom stereocenters. The van der Waals surface area contributed by atoms with E-state index in [0.717, 1.165) is 61.8 Å². The summed E-state index contributed by atoms with van der Waals surface area (Å²) in [6.45, 7) is 8.41. The van der Waals surface area contributed by atoms with Crippen molar-refractivity contribution < 1.29 is 42.9 Å². The van der Waals surface area contributed by atoms with Gasteiger partial charge in [0.1, 0.15) is 29.4 Å². The number of aromatic amines is 1. The van der Waals surface area contributed by atoms with E-state index in [1.807, 2.05) is 18.2 Å². The summed E-state index contributed by atoms with van der Waals surface area (Å²) >= 11 is 0. The number of carbonyl (C=O) groups is 4. The van der Waals surface area contributed by atoms with Crippen molar-refractivity contribution in [1.29, 1.82) is 0 Å². The highest BCUT2D eigenvalue weighted by Gasteiger charge is 2.45. The molecule has 3 saturated heterocycles. The number of aliphatic hydroxyl groups is 2. The van der Waals surface area contributed by atoms with E-state index in [1.54, 1.807) is 30.0 Å². The molecule has 0 aliphatic carbocycles. The number of aromatic nitrogens is 3. The molecular formula is C53H55F2N7O7. The Labute approximate surface area is 398 Å². The van der Waals surface area contributed by atoms with Crippen LogP contribution in [0, 0.1) is 29.9 Å². The molecule has 0 unspecified atom stereocenters. The first-order chi connectivity index (χ1) is 33.0. The van der Waals surface area contributed by atoms with E-state index in [-0.39, 0.29) is 54.7 Å². The van der Waals surface area contributed by atoms with E-state index < -0.39 is 29.0 Å². The number of ether oxygens (including phenoxy) is 1. The van der Waals surface area contributed by atoms with Gasteiger partial charge in [-0.05, 0) is 135 Å². The number of fused-ring (bicyclic) bond motifs is 1. The van der Waals surface area contributed by atoms with Crippen LogP contribution < -0.4 is 15.0 Å². The Hall–Kier alpha value is -6.88. The van der Waals surface area contributed by atoms with Crippen LogP contribution in [0.2, 0.25) is 0 Å². The highest BCUT2D eigenvalue weighted by molar-refractivity contribution is 6.07. The third kappa shape index (κ3) is 9.48. The molecule has 16 heteroatoms. The molecule has 0 bridgehead atoms. The number of nitrogens with zero attached hydrogens (tertiary/aromatic N) is 5. The number of Topliss-reactive ketones (excluding diaryl/α,β-unsaturated/α-hetero) is 1. The maximum absolute atomic E-state index is 15.3. The predicted molar refractivity (Wildman–Crippen MR) is 256 cm³/mol. The molecule has 9 rings (SSSR count). The summed E-state index contributed by atoms with van der Waals surface area (Å²) in [6.07, 6.45) is 3.87. The Morgan fingerprint density at radius 3 is 2.38 bits per heavy atom. The number of hydrogen-bond donors (Lipinski definition) is 4. The van der Waals surface area contributed by atoms with Gasteiger partial charge in [0.05, 0.1) is 29.7 Å². The number of rotatable bonds is 12. The van der Waals surface area contributed by atoms with Crippen molar-refractivity contribution in [2.45, 2.75) is 65.0 Å². The molecule has 5 heterocycles. The highest BCUT2D eigenvalue weighted by atomic mass is 19.1. The molecule has 3 aliphatic rings. The number of carbonyl (C=O) groups excluding carboxylic acids is 4. The molecule has 358 valence electrons. The Morgan fingerprint density at radius 2 is 1.68 bits per heavy atom. The minimum atomic E-state index is -1.28. The van der Waals surface area contributed by atoms with Crippen LogP contribution in [0.3, 0.4) is 0 Å². The lowest BCUT2D eigenvalue weighted by Crippen LogP contribution is -2.54. The van der Waals surface area contributed by atoms with Crippen LogP contribution in [0.5, 0.6) is 5.75 Å². The zero-order valence-electron chi connectivity index (χ0n) is 39.1. The number of urea groups is 1. The van der Waals surface area contributed by atoms with E-state index in [1.165, 1.54) is 56.4 Å². The number of imide groups is 1. The van der Waals surface area contributed by atoms with Crippen LogP contribution in [0.25, 0.3) is 33.5 Å². The number of hydrogen-bond acceptors (Lipinski definition) is 10. The number of likely N-dealkylation sites (tertiary alicyclic amines) is 2. The maximum atomic E-state index is 15.3. The number of benzene rings is 4. The van der Waals surface area contributed by atoms with Crippen molar-refractivity contribution in [1.82, 2.24) is 30.1 Å². The zero-order chi connectivity index (χ0) is 48.8. The summed E-state index contributed by atoms with van der Waals surface area (Å²) in [7, 11) is 1.49.